The van der Waals surface area contributed by atoms with Gasteiger partial charge in [0.1, 0.15) is 11.5 Å². The molecule has 2 aromatic rings. The lowest BCUT2D eigenvalue weighted by Crippen LogP contribution is -2.24. The van der Waals surface area contributed by atoms with E-state index in [1.54, 1.807) is 6.08 Å². The third-order valence-corrected chi connectivity index (χ3v) is 3.66. The summed E-state index contributed by atoms with van der Waals surface area (Å²) >= 11 is 3.46. The van der Waals surface area contributed by atoms with Crippen molar-refractivity contribution in [3.8, 4) is 0 Å². The Kier molecular flexibility index (Phi) is 3.48. The molecular formula is C16H11BrN2O. The highest BCUT2D eigenvalue weighted by Crippen LogP contribution is 2.21. The lowest BCUT2D eigenvalue weighted by molar-refractivity contribution is -0.115. The Morgan fingerprint density at radius 3 is 2.45 bits per heavy atom. The van der Waals surface area contributed by atoms with E-state index in [1.165, 1.54) is 0 Å². The number of hydrogen-bond donors (Lipinski definition) is 1. The summed E-state index contributed by atoms with van der Waals surface area (Å²) in [5.41, 5.74) is 2.24. The Balaban J connectivity index is 1.97. The van der Waals surface area contributed by atoms with Crippen molar-refractivity contribution in [2.24, 2.45) is 4.99 Å². The average molecular weight is 327 g/mol. The minimum Gasteiger partial charge on any atom is -0.305 e. The molecule has 0 bridgehead atoms. The second kappa shape index (κ2) is 5.43. The van der Waals surface area contributed by atoms with Gasteiger partial charge in [-0.25, -0.2) is 4.99 Å². The first kappa shape index (κ1) is 12.8. The fourth-order valence-electron chi connectivity index (χ4n) is 1.94. The first-order chi connectivity index (χ1) is 9.74. The minimum absolute atomic E-state index is 0.181. The van der Waals surface area contributed by atoms with Crippen molar-refractivity contribution in [1.29, 1.82) is 0 Å². The first-order valence-electron chi connectivity index (χ1n) is 6.16. The maximum Gasteiger partial charge on any atom is 0.275 e. The molecule has 3 rings (SSSR count). The highest BCUT2D eigenvalue weighted by Gasteiger charge is 2.20. The summed E-state index contributed by atoms with van der Waals surface area (Å²) in [7, 11) is 0. The van der Waals surface area contributed by atoms with Crippen LogP contribution < -0.4 is 5.32 Å². The molecule has 1 heterocycles. The Morgan fingerprint density at radius 2 is 1.70 bits per heavy atom. The van der Waals surface area contributed by atoms with Crippen LogP contribution in [0.2, 0.25) is 0 Å². The molecule has 0 saturated carbocycles. The zero-order valence-corrected chi connectivity index (χ0v) is 12.1. The number of rotatable bonds is 2. The van der Waals surface area contributed by atoms with Crippen molar-refractivity contribution in [3.05, 3.63) is 75.9 Å². The molecule has 0 spiro atoms. The second-order valence-corrected chi connectivity index (χ2v) is 5.19. The Morgan fingerprint density at radius 1 is 1.00 bits per heavy atom. The largest absolute Gasteiger partial charge is 0.305 e. The maximum atomic E-state index is 12.0. The molecule has 1 aliphatic rings. The van der Waals surface area contributed by atoms with Gasteiger partial charge < -0.3 is 5.32 Å². The summed E-state index contributed by atoms with van der Waals surface area (Å²) in [5, 5.41) is 2.79. The predicted molar refractivity (Wildman–Crippen MR) is 83.2 cm³/mol. The molecule has 0 aliphatic carbocycles. The van der Waals surface area contributed by atoms with Crippen LogP contribution in [0.3, 0.4) is 0 Å². The second-order valence-electron chi connectivity index (χ2n) is 4.33. The number of nitrogens with zero attached hydrogens (tertiary/aromatic N) is 1. The summed E-state index contributed by atoms with van der Waals surface area (Å²) in [6.45, 7) is 0. The van der Waals surface area contributed by atoms with Gasteiger partial charge in [0.25, 0.3) is 5.91 Å². The monoisotopic (exact) mass is 326 g/mol. The van der Waals surface area contributed by atoms with Gasteiger partial charge in [0.2, 0.25) is 0 Å². The van der Waals surface area contributed by atoms with E-state index >= 15 is 0 Å². The fraction of sp³-hybridized carbons (Fsp3) is 0. The van der Waals surface area contributed by atoms with Gasteiger partial charge in [-0.3, -0.25) is 4.79 Å². The number of amides is 1. The number of amidine groups is 1. The van der Waals surface area contributed by atoms with E-state index in [0.29, 0.717) is 11.5 Å². The van der Waals surface area contributed by atoms with Gasteiger partial charge in [-0.15, -0.1) is 0 Å². The highest BCUT2D eigenvalue weighted by molar-refractivity contribution is 9.10. The molecule has 20 heavy (non-hydrogen) atoms. The van der Waals surface area contributed by atoms with Crippen LogP contribution in [0, 0.1) is 0 Å². The number of hydrogen-bond acceptors (Lipinski definition) is 2. The quantitative estimate of drug-likeness (QED) is 0.844. The maximum absolute atomic E-state index is 12.0. The first-order valence-corrected chi connectivity index (χ1v) is 6.95. The van der Waals surface area contributed by atoms with Crippen LogP contribution in [0.15, 0.2) is 69.8 Å². The summed E-state index contributed by atoms with van der Waals surface area (Å²) in [6.07, 6.45) is 1.77. The van der Waals surface area contributed by atoms with E-state index in [9.17, 15) is 4.79 Å². The van der Waals surface area contributed by atoms with Gasteiger partial charge in [0, 0.05) is 10.0 Å². The van der Waals surface area contributed by atoms with Crippen LogP contribution in [0.25, 0.3) is 6.08 Å². The van der Waals surface area contributed by atoms with Crippen molar-refractivity contribution in [3.63, 3.8) is 0 Å². The van der Waals surface area contributed by atoms with Crippen molar-refractivity contribution >= 4 is 33.7 Å². The van der Waals surface area contributed by atoms with E-state index < -0.39 is 0 Å². The Bertz CT molecular complexity index is 720. The van der Waals surface area contributed by atoms with Crippen LogP contribution in [0.1, 0.15) is 11.1 Å². The molecule has 0 atom stereocenters. The molecule has 0 fully saturated rings. The Hall–Kier alpha value is -2.20. The van der Waals surface area contributed by atoms with E-state index in [4.69, 9.17) is 0 Å². The summed E-state index contributed by atoms with van der Waals surface area (Å²) in [5.74, 6) is 0.411. The SMILES string of the molecule is O=C1NC(c2ccccc2)=NC1=Cc1ccccc1Br. The Labute approximate surface area is 125 Å². The molecule has 98 valence electrons. The van der Waals surface area contributed by atoms with E-state index in [1.807, 2.05) is 54.6 Å². The van der Waals surface area contributed by atoms with Gasteiger partial charge in [-0.2, -0.15) is 0 Å². The van der Waals surface area contributed by atoms with E-state index in [0.717, 1.165) is 15.6 Å². The number of nitrogens with one attached hydrogen (secondary N) is 1. The third-order valence-electron chi connectivity index (χ3n) is 2.94. The van der Waals surface area contributed by atoms with Crippen molar-refractivity contribution in [2.45, 2.75) is 0 Å². The molecule has 1 amide bonds. The van der Waals surface area contributed by atoms with E-state index in [-0.39, 0.29) is 5.91 Å². The molecular weight excluding hydrogens is 316 g/mol. The predicted octanol–water partition coefficient (Wildman–Crippen LogP) is 3.37. The molecule has 0 unspecified atom stereocenters. The topological polar surface area (TPSA) is 41.5 Å². The normalized spacial score (nSPS) is 16.1. The highest BCUT2D eigenvalue weighted by atomic mass is 79.9. The fourth-order valence-corrected chi connectivity index (χ4v) is 2.34. The minimum atomic E-state index is -0.181. The van der Waals surface area contributed by atoms with Crippen LogP contribution in [-0.2, 0) is 4.79 Å². The summed E-state index contributed by atoms with van der Waals surface area (Å²) < 4.78 is 0.934. The van der Waals surface area contributed by atoms with Gasteiger partial charge in [0.05, 0.1) is 0 Å². The van der Waals surface area contributed by atoms with Crippen molar-refractivity contribution in [2.75, 3.05) is 0 Å². The van der Waals surface area contributed by atoms with Gasteiger partial charge in [-0.1, -0.05) is 64.5 Å². The molecule has 1 N–H and O–H groups in total. The lowest BCUT2D eigenvalue weighted by atomic mass is 10.2. The standard InChI is InChI=1S/C16H11BrN2O/c17-13-9-5-4-8-12(13)10-14-16(20)19-15(18-14)11-6-2-1-3-7-11/h1-10H,(H,18,19,20). The van der Waals surface area contributed by atoms with Crippen LogP contribution >= 0.6 is 15.9 Å². The molecule has 2 aromatic carbocycles. The number of halogens is 1. The van der Waals surface area contributed by atoms with Gasteiger partial charge >= 0.3 is 0 Å². The molecule has 4 heteroatoms. The van der Waals surface area contributed by atoms with Crippen LogP contribution in [0.4, 0.5) is 0 Å². The summed E-state index contributed by atoms with van der Waals surface area (Å²) in [4.78, 5) is 16.3. The summed E-state index contributed by atoms with van der Waals surface area (Å²) in [6, 6.07) is 17.3. The van der Waals surface area contributed by atoms with Gasteiger partial charge in [-0.05, 0) is 17.7 Å². The number of carbonyl (C=O) groups is 1. The molecule has 3 nitrogen and oxygen atoms in total. The van der Waals surface area contributed by atoms with Crippen LogP contribution in [0.5, 0.6) is 0 Å². The molecule has 0 saturated heterocycles. The zero-order valence-electron chi connectivity index (χ0n) is 10.5. The lowest BCUT2D eigenvalue weighted by Gasteiger charge is -1.98. The number of benzene rings is 2. The zero-order chi connectivity index (χ0) is 13.9. The molecule has 0 aromatic heterocycles. The van der Waals surface area contributed by atoms with Crippen LogP contribution in [-0.4, -0.2) is 11.7 Å². The smallest absolute Gasteiger partial charge is 0.275 e. The third kappa shape index (κ3) is 2.56. The number of carbonyl (C=O) groups excluding carboxylic acids is 1. The average Bonchev–Trinajstić information content (AvgIpc) is 2.84. The van der Waals surface area contributed by atoms with E-state index in [2.05, 4.69) is 26.2 Å². The molecule has 0 radical (unpaired) electrons. The number of aliphatic imine (C=N–C) groups is 1. The van der Waals surface area contributed by atoms with Gasteiger partial charge in [0.15, 0.2) is 0 Å². The molecule has 1 aliphatic heterocycles. The van der Waals surface area contributed by atoms with Crippen molar-refractivity contribution in [1.82, 2.24) is 5.32 Å². The van der Waals surface area contributed by atoms with Crippen molar-refractivity contribution < 1.29 is 4.79 Å².